The van der Waals surface area contributed by atoms with Crippen LogP contribution >= 0.6 is 31.9 Å². The highest BCUT2D eigenvalue weighted by Crippen LogP contribution is 2.29. The van der Waals surface area contributed by atoms with Crippen LogP contribution in [0.2, 0.25) is 0 Å². The molecule has 0 bridgehead atoms. The van der Waals surface area contributed by atoms with Crippen molar-refractivity contribution in [2.45, 2.75) is 49.3 Å². The van der Waals surface area contributed by atoms with E-state index in [1.54, 1.807) is 0 Å². The third kappa shape index (κ3) is 6.02. The van der Waals surface area contributed by atoms with Crippen molar-refractivity contribution in [3.8, 4) is 23.7 Å². The number of nitrogens with zero attached hydrogens (tertiary/aromatic N) is 2. The SMILES string of the molecule is C=C(Br)CN1C(=O)[C@H](OC)[C@@H]1[C@H](O)CC#CC#CC[C@@H](O)[C@H]1[C@@H](OC)C(=O)N1CC(=C)Br. The first-order valence-corrected chi connectivity index (χ1v) is 11.4. The van der Waals surface area contributed by atoms with Crippen LogP contribution in [0.3, 0.4) is 0 Å². The Morgan fingerprint density at radius 3 is 1.53 bits per heavy atom. The first-order chi connectivity index (χ1) is 15.1. The van der Waals surface area contributed by atoms with E-state index in [2.05, 4.69) is 68.7 Å². The van der Waals surface area contributed by atoms with E-state index >= 15 is 0 Å². The molecular formula is C22H26Br2N2O6. The van der Waals surface area contributed by atoms with Crippen molar-refractivity contribution in [3.63, 3.8) is 0 Å². The van der Waals surface area contributed by atoms with E-state index in [9.17, 15) is 19.8 Å². The van der Waals surface area contributed by atoms with Gasteiger partial charge in [0.1, 0.15) is 0 Å². The Hall–Kier alpha value is -1.66. The predicted octanol–water partition coefficient (Wildman–Crippen LogP) is 0.764. The van der Waals surface area contributed by atoms with E-state index in [0.29, 0.717) is 8.96 Å². The van der Waals surface area contributed by atoms with Crippen molar-refractivity contribution in [1.29, 1.82) is 0 Å². The highest BCUT2D eigenvalue weighted by Gasteiger charge is 2.51. The topological polar surface area (TPSA) is 99.5 Å². The molecule has 0 radical (unpaired) electrons. The quantitative estimate of drug-likeness (QED) is 0.296. The average Bonchev–Trinajstić information content (AvgIpc) is 2.73. The maximum atomic E-state index is 12.1. The summed E-state index contributed by atoms with van der Waals surface area (Å²) in [5.41, 5.74) is 0. The van der Waals surface area contributed by atoms with E-state index in [4.69, 9.17) is 9.47 Å². The lowest BCUT2D eigenvalue weighted by Gasteiger charge is -2.48. The standard InChI is InChI=1S/C22H26Br2N2O6/c1-13(23)11-25-17(19(31-3)21(25)29)15(27)9-7-5-6-8-10-16(28)18-20(32-4)22(30)26(18)12-14(2)24/h15-20,27-28H,1-2,9-12H2,3-4H3/t15-,16-,17+,18+,19-,20-/m1/s1. The molecular weight excluding hydrogens is 548 g/mol. The summed E-state index contributed by atoms with van der Waals surface area (Å²) in [6, 6.07) is -1.02. The molecule has 8 nitrogen and oxygen atoms in total. The molecule has 10 heteroatoms. The van der Waals surface area contributed by atoms with E-state index in [1.807, 2.05) is 0 Å². The summed E-state index contributed by atoms with van der Waals surface area (Å²) in [7, 11) is 2.84. The second-order valence-electron chi connectivity index (χ2n) is 7.41. The zero-order chi connectivity index (χ0) is 24.0. The summed E-state index contributed by atoms with van der Waals surface area (Å²) in [6.07, 6.45) is -3.03. The average molecular weight is 574 g/mol. The van der Waals surface area contributed by atoms with Gasteiger partial charge in [0.05, 0.1) is 37.4 Å². The molecule has 2 saturated heterocycles. The van der Waals surface area contributed by atoms with Gasteiger partial charge >= 0.3 is 0 Å². The molecule has 6 atom stereocenters. The number of rotatable bonds is 10. The van der Waals surface area contributed by atoms with Crippen molar-refractivity contribution in [2.75, 3.05) is 27.3 Å². The Balaban J connectivity index is 1.89. The summed E-state index contributed by atoms with van der Waals surface area (Å²) in [6.45, 7) is 7.99. The molecule has 32 heavy (non-hydrogen) atoms. The van der Waals surface area contributed by atoms with Gasteiger partial charge in [-0.3, -0.25) is 9.59 Å². The summed E-state index contributed by atoms with van der Waals surface area (Å²) < 4.78 is 11.6. The number of halogens is 2. The van der Waals surface area contributed by atoms with Gasteiger partial charge in [-0.2, -0.15) is 0 Å². The third-order valence-corrected chi connectivity index (χ3v) is 5.74. The molecule has 2 heterocycles. The zero-order valence-electron chi connectivity index (χ0n) is 17.9. The van der Waals surface area contributed by atoms with Crippen LogP contribution < -0.4 is 0 Å². The molecule has 174 valence electrons. The minimum absolute atomic E-state index is 0.102. The first kappa shape index (κ1) is 26.6. The van der Waals surface area contributed by atoms with Gasteiger partial charge in [-0.15, -0.1) is 0 Å². The molecule has 0 aromatic heterocycles. The minimum Gasteiger partial charge on any atom is -0.390 e. The summed E-state index contributed by atoms with van der Waals surface area (Å²) in [5.74, 6) is 10.4. The van der Waals surface area contributed by atoms with Crippen LogP contribution in [0.25, 0.3) is 0 Å². The Morgan fingerprint density at radius 2 is 1.25 bits per heavy atom. The van der Waals surface area contributed by atoms with Gasteiger partial charge in [-0.1, -0.05) is 56.9 Å². The van der Waals surface area contributed by atoms with Crippen LogP contribution in [0.5, 0.6) is 0 Å². The molecule has 0 saturated carbocycles. The second-order valence-corrected chi connectivity index (χ2v) is 9.65. The number of hydrogen-bond acceptors (Lipinski definition) is 6. The van der Waals surface area contributed by atoms with E-state index < -0.39 is 36.5 Å². The van der Waals surface area contributed by atoms with Crippen molar-refractivity contribution < 1.29 is 29.3 Å². The van der Waals surface area contributed by atoms with Crippen molar-refractivity contribution >= 4 is 43.7 Å². The molecule has 0 spiro atoms. The summed E-state index contributed by atoms with van der Waals surface area (Å²) in [5, 5.41) is 20.9. The minimum atomic E-state index is -0.904. The third-order valence-electron chi connectivity index (χ3n) is 5.23. The number of hydrogen-bond donors (Lipinski definition) is 2. The fourth-order valence-electron chi connectivity index (χ4n) is 3.75. The molecule has 2 amide bonds. The number of β-lactam (4-membered cyclic amide) rings is 2. The molecule has 2 fully saturated rings. The highest BCUT2D eigenvalue weighted by molar-refractivity contribution is 9.12. The number of methoxy groups -OCH3 is 2. The lowest BCUT2D eigenvalue weighted by atomic mass is 9.90. The van der Waals surface area contributed by atoms with Crippen LogP contribution in [0.4, 0.5) is 0 Å². The lowest BCUT2D eigenvalue weighted by molar-refractivity contribution is -0.179. The number of aliphatic hydroxyl groups excluding tert-OH is 2. The van der Waals surface area contributed by atoms with Crippen LogP contribution in [0.15, 0.2) is 22.1 Å². The van der Waals surface area contributed by atoms with Crippen molar-refractivity contribution in [1.82, 2.24) is 9.80 Å². The normalized spacial score (nSPS) is 26.1. The number of carbonyl (C=O) groups excluding carboxylic acids is 2. The second kappa shape index (κ2) is 12.0. The summed E-state index contributed by atoms with van der Waals surface area (Å²) in [4.78, 5) is 27.1. The van der Waals surface area contributed by atoms with E-state index in [1.165, 1.54) is 24.0 Å². The molecule has 2 aliphatic rings. The van der Waals surface area contributed by atoms with Crippen molar-refractivity contribution in [3.05, 3.63) is 22.1 Å². The van der Waals surface area contributed by atoms with Gasteiger partial charge in [0.15, 0.2) is 12.2 Å². The van der Waals surface area contributed by atoms with Gasteiger partial charge in [-0.25, -0.2) is 0 Å². The number of carbonyl (C=O) groups is 2. The van der Waals surface area contributed by atoms with Crippen molar-refractivity contribution in [2.24, 2.45) is 0 Å². The van der Waals surface area contributed by atoms with Gasteiger partial charge in [-0.05, 0) is 11.8 Å². The molecule has 0 aromatic carbocycles. The first-order valence-electron chi connectivity index (χ1n) is 9.79. The molecule has 2 aliphatic heterocycles. The highest BCUT2D eigenvalue weighted by atomic mass is 79.9. The number of amides is 2. The lowest BCUT2D eigenvalue weighted by Crippen LogP contribution is -2.69. The number of likely N-dealkylation sites (tertiary alicyclic amines) is 2. The van der Waals surface area contributed by atoms with Crippen LogP contribution in [-0.2, 0) is 19.1 Å². The molecule has 0 aliphatic carbocycles. The van der Waals surface area contributed by atoms with Gasteiger partial charge < -0.3 is 29.5 Å². The predicted molar refractivity (Wildman–Crippen MR) is 126 cm³/mol. The zero-order valence-corrected chi connectivity index (χ0v) is 21.1. The van der Waals surface area contributed by atoms with E-state index in [-0.39, 0.29) is 37.7 Å². The Bertz CT molecular complexity index is 814. The maximum Gasteiger partial charge on any atom is 0.254 e. The number of aliphatic hydroxyl groups is 2. The largest absolute Gasteiger partial charge is 0.390 e. The van der Waals surface area contributed by atoms with Gasteiger partial charge in [0, 0.05) is 36.0 Å². The molecule has 0 unspecified atom stereocenters. The van der Waals surface area contributed by atoms with E-state index in [0.717, 1.165) is 0 Å². The summed E-state index contributed by atoms with van der Waals surface area (Å²) >= 11 is 6.44. The Morgan fingerprint density at radius 1 is 0.906 bits per heavy atom. The monoisotopic (exact) mass is 572 g/mol. The molecule has 2 N–H and O–H groups in total. The van der Waals surface area contributed by atoms with Gasteiger partial charge in [0.2, 0.25) is 0 Å². The Kier molecular flexibility index (Phi) is 9.96. The van der Waals surface area contributed by atoms with Crippen LogP contribution in [0.1, 0.15) is 12.8 Å². The van der Waals surface area contributed by atoms with Crippen LogP contribution in [-0.4, -0.2) is 95.6 Å². The molecule has 0 aromatic rings. The number of ether oxygens (including phenoxy) is 2. The van der Waals surface area contributed by atoms with Gasteiger partial charge in [0.25, 0.3) is 11.8 Å². The Labute approximate surface area is 204 Å². The molecule has 2 rings (SSSR count). The fraction of sp³-hybridized carbons (Fsp3) is 0.545. The van der Waals surface area contributed by atoms with Crippen LogP contribution in [0, 0.1) is 23.7 Å². The maximum absolute atomic E-state index is 12.1. The smallest absolute Gasteiger partial charge is 0.254 e. The fourth-order valence-corrected chi connectivity index (χ4v) is 4.29.